The zero-order valence-electron chi connectivity index (χ0n) is 19.9. The summed E-state index contributed by atoms with van der Waals surface area (Å²) in [5, 5.41) is 3.17. The maximum absolute atomic E-state index is 13.6. The Morgan fingerprint density at radius 1 is 1.06 bits per heavy atom. The first kappa shape index (κ1) is 23.3. The molecule has 1 N–H and O–H groups in total. The van der Waals surface area contributed by atoms with Gasteiger partial charge in [0, 0.05) is 30.3 Å². The van der Waals surface area contributed by atoms with E-state index in [-0.39, 0.29) is 29.7 Å². The van der Waals surface area contributed by atoms with E-state index in [4.69, 9.17) is 4.74 Å². The van der Waals surface area contributed by atoms with E-state index in [1.807, 2.05) is 61.5 Å². The fourth-order valence-electron chi connectivity index (χ4n) is 5.35. The number of para-hydroxylation sites is 2. The molecule has 0 aromatic heterocycles. The van der Waals surface area contributed by atoms with Gasteiger partial charge in [-0.25, -0.2) is 0 Å². The lowest BCUT2D eigenvalue weighted by atomic mass is 9.77. The second-order valence-electron chi connectivity index (χ2n) is 9.33. The number of ether oxygens (including phenoxy) is 1. The van der Waals surface area contributed by atoms with E-state index in [2.05, 4.69) is 16.3 Å². The molecule has 33 heavy (non-hydrogen) atoms. The number of anilines is 1. The lowest BCUT2D eigenvalue weighted by molar-refractivity contribution is -0.135. The molecule has 1 fully saturated rings. The van der Waals surface area contributed by atoms with Crippen molar-refractivity contribution in [3.8, 4) is 5.75 Å². The van der Waals surface area contributed by atoms with Gasteiger partial charge in [-0.2, -0.15) is 0 Å². The van der Waals surface area contributed by atoms with Crippen LogP contribution in [0.5, 0.6) is 5.75 Å². The van der Waals surface area contributed by atoms with E-state index in [0.717, 1.165) is 49.1 Å². The third-order valence-electron chi connectivity index (χ3n) is 7.16. The van der Waals surface area contributed by atoms with Gasteiger partial charge in [-0.3, -0.25) is 9.59 Å². The van der Waals surface area contributed by atoms with Crippen molar-refractivity contribution in [2.75, 3.05) is 39.2 Å². The molecule has 2 aliphatic rings. The second-order valence-corrected chi connectivity index (χ2v) is 9.33. The van der Waals surface area contributed by atoms with Crippen molar-refractivity contribution in [3.05, 3.63) is 59.7 Å². The van der Waals surface area contributed by atoms with Crippen molar-refractivity contribution < 1.29 is 14.3 Å². The van der Waals surface area contributed by atoms with Crippen LogP contribution in [0.15, 0.2) is 48.5 Å². The molecule has 1 aliphatic heterocycles. The Labute approximate surface area is 196 Å². The van der Waals surface area contributed by atoms with Crippen LogP contribution in [0.3, 0.4) is 0 Å². The molecule has 1 heterocycles. The summed E-state index contributed by atoms with van der Waals surface area (Å²) in [4.78, 5) is 30.9. The highest BCUT2D eigenvalue weighted by molar-refractivity contribution is 5.99. The van der Waals surface area contributed by atoms with Crippen molar-refractivity contribution in [1.82, 2.24) is 10.2 Å². The lowest BCUT2D eigenvalue weighted by Crippen LogP contribution is -2.46. The Morgan fingerprint density at radius 3 is 2.52 bits per heavy atom. The van der Waals surface area contributed by atoms with E-state index in [9.17, 15) is 9.59 Å². The van der Waals surface area contributed by atoms with E-state index in [0.29, 0.717) is 13.1 Å². The number of carbonyl (C=O) groups is 2. The fraction of sp³-hybridized carbons (Fsp3) is 0.481. The molecule has 0 radical (unpaired) electrons. The summed E-state index contributed by atoms with van der Waals surface area (Å²) in [6, 6.07) is 16.0. The summed E-state index contributed by atoms with van der Waals surface area (Å²) in [6.45, 7) is 1.18. The summed E-state index contributed by atoms with van der Waals surface area (Å²) >= 11 is 0. The molecular weight excluding hydrogens is 414 g/mol. The average Bonchev–Trinajstić information content (AvgIpc) is 3.28. The summed E-state index contributed by atoms with van der Waals surface area (Å²) < 4.78 is 5.54. The number of amides is 2. The number of hydrogen-bond donors (Lipinski definition) is 1. The quantitative estimate of drug-likeness (QED) is 0.698. The van der Waals surface area contributed by atoms with Crippen LogP contribution in [0, 0.1) is 11.8 Å². The van der Waals surface area contributed by atoms with Gasteiger partial charge < -0.3 is 19.9 Å². The predicted octanol–water partition coefficient (Wildman–Crippen LogP) is 3.81. The van der Waals surface area contributed by atoms with Crippen molar-refractivity contribution >= 4 is 17.5 Å². The van der Waals surface area contributed by atoms with Gasteiger partial charge in [0.1, 0.15) is 5.75 Å². The molecule has 6 heteroatoms. The van der Waals surface area contributed by atoms with Crippen LogP contribution in [-0.2, 0) is 16.0 Å². The maximum Gasteiger partial charge on any atom is 0.230 e. The smallest absolute Gasteiger partial charge is 0.230 e. The van der Waals surface area contributed by atoms with Crippen molar-refractivity contribution in [3.63, 3.8) is 0 Å². The van der Waals surface area contributed by atoms with E-state index < -0.39 is 0 Å². The third kappa shape index (κ3) is 4.91. The van der Waals surface area contributed by atoms with E-state index >= 15 is 0 Å². The highest BCUT2D eigenvalue weighted by atomic mass is 16.5. The van der Waals surface area contributed by atoms with Crippen LogP contribution in [0.1, 0.15) is 42.9 Å². The first-order valence-electron chi connectivity index (χ1n) is 12.0. The normalized spacial score (nSPS) is 20.9. The molecule has 1 saturated carbocycles. The number of hydrogen-bond acceptors (Lipinski definition) is 4. The molecule has 2 aromatic rings. The number of methoxy groups -OCH3 is 1. The monoisotopic (exact) mass is 449 g/mol. The van der Waals surface area contributed by atoms with Gasteiger partial charge in [-0.1, -0.05) is 49.2 Å². The van der Waals surface area contributed by atoms with E-state index in [1.54, 1.807) is 7.11 Å². The number of likely N-dealkylation sites (N-methyl/N-ethyl adjacent to an activating group) is 1. The molecule has 176 valence electrons. The summed E-state index contributed by atoms with van der Waals surface area (Å²) in [5.41, 5.74) is 3.26. The number of nitrogens with one attached hydrogen (secondary N) is 1. The highest BCUT2D eigenvalue weighted by Crippen LogP contribution is 2.36. The molecular formula is C27H35N3O3. The predicted molar refractivity (Wildman–Crippen MR) is 130 cm³/mol. The Hall–Kier alpha value is -2.86. The van der Waals surface area contributed by atoms with Crippen molar-refractivity contribution in [1.29, 1.82) is 0 Å². The summed E-state index contributed by atoms with van der Waals surface area (Å²) in [6.07, 6.45) is 4.41. The number of benzene rings is 2. The molecule has 0 bridgehead atoms. The minimum Gasteiger partial charge on any atom is -0.496 e. The SMILES string of the molecule is COc1ccccc1C(CNC(=O)C1CCCCC1C(=O)N1CCc2ccccc21)N(C)C. The van der Waals surface area contributed by atoms with Crippen LogP contribution < -0.4 is 15.0 Å². The standard InChI is InChI=1S/C27H35N3O3/c1-29(2)24(22-13-7-9-15-25(22)33-3)18-28-26(31)20-11-5-6-12-21(20)27(32)30-17-16-19-10-4-8-14-23(19)30/h4,7-10,13-15,20-21,24H,5-6,11-12,16-18H2,1-3H3,(H,28,31). The molecule has 3 unspecified atom stereocenters. The zero-order valence-corrected chi connectivity index (χ0v) is 19.9. The topological polar surface area (TPSA) is 61.9 Å². The van der Waals surface area contributed by atoms with Gasteiger partial charge in [0.15, 0.2) is 0 Å². The van der Waals surface area contributed by atoms with Gasteiger partial charge >= 0.3 is 0 Å². The Balaban J connectivity index is 1.46. The van der Waals surface area contributed by atoms with Gasteiger partial charge in [-0.05, 0) is 51.1 Å². The maximum atomic E-state index is 13.6. The average molecular weight is 450 g/mol. The molecule has 1 aliphatic carbocycles. The first-order chi connectivity index (χ1) is 16.0. The van der Waals surface area contributed by atoms with Crippen LogP contribution in [0.4, 0.5) is 5.69 Å². The second kappa shape index (κ2) is 10.4. The van der Waals surface area contributed by atoms with Gasteiger partial charge in [0.05, 0.1) is 19.1 Å². The Bertz CT molecular complexity index is 990. The lowest BCUT2D eigenvalue weighted by Gasteiger charge is -2.33. The molecule has 2 aromatic carbocycles. The number of fused-ring (bicyclic) bond motifs is 1. The molecule has 3 atom stereocenters. The first-order valence-corrected chi connectivity index (χ1v) is 12.0. The Kier molecular flexibility index (Phi) is 7.33. The van der Waals surface area contributed by atoms with E-state index in [1.165, 1.54) is 5.56 Å². The van der Waals surface area contributed by atoms with Crippen LogP contribution in [-0.4, -0.2) is 51.0 Å². The van der Waals surface area contributed by atoms with Crippen LogP contribution in [0.25, 0.3) is 0 Å². The summed E-state index contributed by atoms with van der Waals surface area (Å²) in [5.74, 6) is 0.369. The number of carbonyl (C=O) groups excluding carboxylic acids is 2. The van der Waals surface area contributed by atoms with Gasteiger partial charge in [0.2, 0.25) is 11.8 Å². The largest absolute Gasteiger partial charge is 0.496 e. The summed E-state index contributed by atoms with van der Waals surface area (Å²) in [7, 11) is 5.67. The van der Waals surface area contributed by atoms with Crippen LogP contribution in [0.2, 0.25) is 0 Å². The van der Waals surface area contributed by atoms with Crippen molar-refractivity contribution in [2.45, 2.75) is 38.1 Å². The number of rotatable bonds is 7. The molecule has 4 rings (SSSR count). The molecule has 0 spiro atoms. The Morgan fingerprint density at radius 2 is 1.76 bits per heavy atom. The van der Waals surface area contributed by atoms with Crippen LogP contribution >= 0.6 is 0 Å². The third-order valence-corrected chi connectivity index (χ3v) is 7.16. The molecule has 6 nitrogen and oxygen atoms in total. The highest BCUT2D eigenvalue weighted by Gasteiger charge is 2.39. The van der Waals surface area contributed by atoms with Gasteiger partial charge in [0.25, 0.3) is 0 Å². The molecule has 2 amide bonds. The van der Waals surface area contributed by atoms with Gasteiger partial charge in [-0.15, -0.1) is 0 Å². The minimum atomic E-state index is -0.278. The number of nitrogens with zero attached hydrogens (tertiary/aromatic N) is 2. The minimum absolute atomic E-state index is 0.0118. The zero-order chi connectivity index (χ0) is 23.4. The van der Waals surface area contributed by atoms with Crippen molar-refractivity contribution in [2.24, 2.45) is 11.8 Å². The fourth-order valence-corrected chi connectivity index (χ4v) is 5.35. The molecule has 0 saturated heterocycles.